The van der Waals surface area contributed by atoms with Crippen LogP contribution in [0, 0.1) is 5.41 Å². The van der Waals surface area contributed by atoms with E-state index in [2.05, 4.69) is 38.2 Å². The van der Waals surface area contributed by atoms with E-state index in [9.17, 15) is 4.79 Å². The number of carbonyl (C=O) groups is 1. The first-order valence-corrected chi connectivity index (χ1v) is 6.99. The van der Waals surface area contributed by atoms with Gasteiger partial charge < -0.3 is 5.73 Å². The van der Waals surface area contributed by atoms with Gasteiger partial charge in [-0.1, -0.05) is 32.9 Å². The summed E-state index contributed by atoms with van der Waals surface area (Å²) in [7, 11) is 0. The smallest absolute Gasteiger partial charge is 0.250 e. The number of nitrogens with two attached hydrogens (primary N) is 1. The fraction of sp³-hybridized carbons (Fsp3) is 0.375. The van der Waals surface area contributed by atoms with Crippen molar-refractivity contribution in [2.45, 2.75) is 40.0 Å². The molecular weight excluding hydrogens is 250 g/mol. The Morgan fingerprint density at radius 3 is 2.15 bits per heavy atom. The molecule has 0 unspecified atom stereocenters. The van der Waals surface area contributed by atoms with E-state index in [1.807, 2.05) is 6.08 Å². The number of carbonyl (C=O) groups excluding carboxylic acids is 1. The molecular formula is C16H23N3O. The fourth-order valence-electron chi connectivity index (χ4n) is 2.19. The molecule has 20 heavy (non-hydrogen) atoms. The Balaban J connectivity index is 3.12. The quantitative estimate of drug-likeness (QED) is 0.437. The molecule has 0 saturated carbocycles. The molecule has 0 fully saturated rings. The number of guanidine groups is 1. The molecule has 1 amide bonds. The fourth-order valence-corrected chi connectivity index (χ4v) is 2.19. The van der Waals surface area contributed by atoms with Crippen LogP contribution < -0.4 is 11.1 Å². The van der Waals surface area contributed by atoms with Gasteiger partial charge in [-0.15, -0.1) is 0 Å². The zero-order chi connectivity index (χ0) is 15.1. The van der Waals surface area contributed by atoms with Crippen molar-refractivity contribution in [1.29, 1.82) is 5.41 Å². The number of rotatable bonds is 5. The van der Waals surface area contributed by atoms with Crippen molar-refractivity contribution >= 4 is 17.9 Å². The summed E-state index contributed by atoms with van der Waals surface area (Å²) in [5, 5.41) is 9.28. The molecule has 1 rings (SSSR count). The van der Waals surface area contributed by atoms with E-state index in [-0.39, 0.29) is 11.9 Å². The van der Waals surface area contributed by atoms with Gasteiger partial charge in [-0.3, -0.25) is 15.5 Å². The summed E-state index contributed by atoms with van der Waals surface area (Å²) in [6.07, 6.45) is 6.11. The number of hydrogen-bond acceptors (Lipinski definition) is 2. The topological polar surface area (TPSA) is 79.0 Å². The Labute approximate surface area is 120 Å². The molecule has 0 aliphatic carbocycles. The summed E-state index contributed by atoms with van der Waals surface area (Å²) in [5.74, 6) is -0.714. The molecule has 4 heteroatoms. The van der Waals surface area contributed by atoms with Crippen molar-refractivity contribution in [3.05, 3.63) is 40.5 Å². The summed E-state index contributed by atoms with van der Waals surface area (Å²) in [5.41, 5.74) is 10.0. The highest BCUT2D eigenvalue weighted by Gasteiger charge is 2.07. The Morgan fingerprint density at radius 1 is 1.20 bits per heavy atom. The zero-order valence-electron chi connectivity index (χ0n) is 12.4. The van der Waals surface area contributed by atoms with Gasteiger partial charge in [0.15, 0.2) is 5.96 Å². The molecule has 1 aromatic rings. The van der Waals surface area contributed by atoms with Gasteiger partial charge in [-0.2, -0.15) is 0 Å². The summed E-state index contributed by atoms with van der Waals surface area (Å²) in [4.78, 5) is 11.5. The van der Waals surface area contributed by atoms with E-state index in [0.717, 1.165) is 24.8 Å². The predicted octanol–water partition coefficient (Wildman–Crippen LogP) is 2.40. The highest BCUT2D eigenvalue weighted by molar-refractivity contribution is 6.02. The van der Waals surface area contributed by atoms with Crippen LogP contribution in [0.3, 0.4) is 0 Å². The van der Waals surface area contributed by atoms with E-state index >= 15 is 0 Å². The molecule has 1 aromatic carbocycles. The second-order valence-electron chi connectivity index (χ2n) is 4.62. The predicted molar refractivity (Wildman–Crippen MR) is 83.7 cm³/mol. The highest BCUT2D eigenvalue weighted by atomic mass is 16.1. The van der Waals surface area contributed by atoms with Crippen molar-refractivity contribution in [2.75, 3.05) is 0 Å². The lowest BCUT2D eigenvalue weighted by Gasteiger charge is -2.12. The van der Waals surface area contributed by atoms with Crippen LogP contribution in [0.15, 0.2) is 18.2 Å². The minimum Gasteiger partial charge on any atom is -0.370 e. The maximum atomic E-state index is 11.5. The second kappa shape index (κ2) is 7.48. The van der Waals surface area contributed by atoms with E-state index in [0.29, 0.717) is 0 Å². The molecule has 0 spiro atoms. The zero-order valence-corrected chi connectivity index (χ0v) is 12.4. The van der Waals surface area contributed by atoms with Crippen LogP contribution >= 0.6 is 0 Å². The minimum atomic E-state index is -0.374. The third-order valence-corrected chi connectivity index (χ3v) is 3.24. The molecule has 4 N–H and O–H groups in total. The molecule has 0 radical (unpaired) electrons. The first kappa shape index (κ1) is 16.0. The number of aryl methyl sites for hydroxylation is 3. The molecule has 0 atom stereocenters. The van der Waals surface area contributed by atoms with Gasteiger partial charge in [0.2, 0.25) is 0 Å². The van der Waals surface area contributed by atoms with Gasteiger partial charge in [0.1, 0.15) is 0 Å². The summed E-state index contributed by atoms with van der Waals surface area (Å²) >= 11 is 0. The van der Waals surface area contributed by atoms with Gasteiger partial charge in [0.05, 0.1) is 0 Å². The number of amides is 1. The van der Waals surface area contributed by atoms with Crippen molar-refractivity contribution in [2.24, 2.45) is 5.73 Å². The minimum absolute atomic E-state index is 0.340. The van der Waals surface area contributed by atoms with Gasteiger partial charge in [0.25, 0.3) is 5.91 Å². The van der Waals surface area contributed by atoms with Gasteiger partial charge in [0, 0.05) is 6.08 Å². The van der Waals surface area contributed by atoms with Crippen molar-refractivity contribution < 1.29 is 4.79 Å². The average Bonchev–Trinajstić information content (AvgIpc) is 2.43. The van der Waals surface area contributed by atoms with Crippen molar-refractivity contribution in [3.8, 4) is 0 Å². The van der Waals surface area contributed by atoms with Crippen molar-refractivity contribution in [3.63, 3.8) is 0 Å². The number of benzene rings is 1. The van der Waals surface area contributed by atoms with E-state index < -0.39 is 0 Å². The summed E-state index contributed by atoms with van der Waals surface area (Å²) in [6.45, 7) is 6.37. The first-order valence-electron chi connectivity index (χ1n) is 6.99. The Bertz CT molecular complexity index is 508. The largest absolute Gasteiger partial charge is 0.370 e. The molecule has 0 aromatic heterocycles. The molecule has 0 aliphatic rings. The Morgan fingerprint density at radius 2 is 1.75 bits per heavy atom. The molecule has 4 nitrogen and oxygen atoms in total. The molecule has 108 valence electrons. The monoisotopic (exact) mass is 273 g/mol. The van der Waals surface area contributed by atoms with Gasteiger partial charge >= 0.3 is 0 Å². The summed E-state index contributed by atoms with van der Waals surface area (Å²) in [6, 6.07) is 4.39. The van der Waals surface area contributed by atoms with Crippen LogP contribution in [0.25, 0.3) is 6.08 Å². The molecule has 0 heterocycles. The SMILES string of the molecule is CCc1cc(CC)c(/C=C/C(=O)NC(=N)N)c(CC)c1. The normalized spacial score (nSPS) is 10.8. The second-order valence-corrected chi connectivity index (χ2v) is 4.62. The number of hydrogen-bond donors (Lipinski definition) is 3. The van der Waals surface area contributed by atoms with E-state index in [1.165, 1.54) is 22.8 Å². The van der Waals surface area contributed by atoms with Crippen LogP contribution in [0.5, 0.6) is 0 Å². The maximum Gasteiger partial charge on any atom is 0.250 e. The summed E-state index contributed by atoms with van der Waals surface area (Å²) < 4.78 is 0. The highest BCUT2D eigenvalue weighted by Crippen LogP contribution is 2.21. The first-order chi connectivity index (χ1) is 9.51. The van der Waals surface area contributed by atoms with Crippen LogP contribution in [0.2, 0.25) is 0 Å². The lowest BCUT2D eigenvalue weighted by atomic mass is 9.93. The maximum absolute atomic E-state index is 11.5. The van der Waals surface area contributed by atoms with E-state index in [1.54, 1.807) is 0 Å². The molecule has 0 saturated heterocycles. The van der Waals surface area contributed by atoms with Gasteiger partial charge in [-0.25, -0.2) is 0 Å². The van der Waals surface area contributed by atoms with Crippen LogP contribution in [0.1, 0.15) is 43.0 Å². The Hall–Kier alpha value is -2.10. The molecule has 0 bridgehead atoms. The standard InChI is InChI=1S/C16H23N3O/c1-4-11-9-12(5-2)14(13(6-3)10-11)7-8-15(20)19-16(17)18/h7-10H,4-6H2,1-3H3,(H4,17,18,19,20)/b8-7+. The molecule has 0 aliphatic heterocycles. The van der Waals surface area contributed by atoms with Crippen molar-refractivity contribution in [1.82, 2.24) is 5.32 Å². The third kappa shape index (κ3) is 4.23. The van der Waals surface area contributed by atoms with Gasteiger partial charge in [-0.05, 0) is 47.6 Å². The van der Waals surface area contributed by atoms with E-state index in [4.69, 9.17) is 11.1 Å². The Kier molecular flexibility index (Phi) is 5.97. The lowest BCUT2D eigenvalue weighted by Crippen LogP contribution is -2.34. The lowest BCUT2D eigenvalue weighted by molar-refractivity contribution is -0.115. The van der Waals surface area contributed by atoms with Crippen LogP contribution in [0.4, 0.5) is 0 Å². The number of nitrogens with one attached hydrogen (secondary N) is 2. The van der Waals surface area contributed by atoms with Crippen LogP contribution in [-0.2, 0) is 24.1 Å². The van der Waals surface area contributed by atoms with Crippen LogP contribution in [-0.4, -0.2) is 11.9 Å². The third-order valence-electron chi connectivity index (χ3n) is 3.24. The average molecular weight is 273 g/mol.